The molecule has 90 valence electrons. The highest BCUT2D eigenvalue weighted by molar-refractivity contribution is 7.99. The first-order valence-electron chi connectivity index (χ1n) is 5.79. The van der Waals surface area contributed by atoms with Crippen LogP contribution in [0, 0.1) is 0 Å². The summed E-state index contributed by atoms with van der Waals surface area (Å²) in [5, 5.41) is 7.71. The van der Waals surface area contributed by atoms with Crippen molar-refractivity contribution >= 4 is 11.8 Å². The van der Waals surface area contributed by atoms with Crippen LogP contribution in [-0.2, 0) is 6.54 Å². The van der Waals surface area contributed by atoms with Crippen molar-refractivity contribution in [2.75, 3.05) is 0 Å². The summed E-state index contributed by atoms with van der Waals surface area (Å²) in [5.41, 5.74) is 5.95. The van der Waals surface area contributed by atoms with Gasteiger partial charge in [0, 0.05) is 17.8 Å². The Morgan fingerprint density at radius 1 is 1.56 bits per heavy atom. The third-order valence-corrected chi connectivity index (χ3v) is 4.46. The second kappa shape index (κ2) is 5.05. The SMILES string of the molecule is CCn1c(SC2CCCCC2N)n[nH]c1=O. The minimum atomic E-state index is -0.130. The van der Waals surface area contributed by atoms with E-state index in [4.69, 9.17) is 5.73 Å². The lowest BCUT2D eigenvalue weighted by atomic mass is 9.96. The van der Waals surface area contributed by atoms with Gasteiger partial charge in [-0.3, -0.25) is 4.57 Å². The molecule has 1 heterocycles. The molecule has 2 rings (SSSR count). The van der Waals surface area contributed by atoms with Crippen molar-refractivity contribution in [1.82, 2.24) is 14.8 Å². The number of nitrogens with two attached hydrogens (primary N) is 1. The van der Waals surface area contributed by atoms with Gasteiger partial charge in [-0.2, -0.15) is 0 Å². The molecule has 1 saturated carbocycles. The van der Waals surface area contributed by atoms with Crippen molar-refractivity contribution in [1.29, 1.82) is 0 Å². The van der Waals surface area contributed by atoms with E-state index in [2.05, 4.69) is 10.2 Å². The molecule has 0 bridgehead atoms. The van der Waals surface area contributed by atoms with Gasteiger partial charge in [-0.05, 0) is 19.8 Å². The van der Waals surface area contributed by atoms with Crippen molar-refractivity contribution in [3.63, 3.8) is 0 Å². The van der Waals surface area contributed by atoms with Crippen LogP contribution in [-0.4, -0.2) is 26.1 Å². The average Bonchev–Trinajstić information content (AvgIpc) is 2.63. The maximum Gasteiger partial charge on any atom is 0.343 e. The van der Waals surface area contributed by atoms with Gasteiger partial charge in [-0.15, -0.1) is 5.10 Å². The molecule has 0 aromatic carbocycles. The summed E-state index contributed by atoms with van der Waals surface area (Å²) in [5.74, 6) is 0. The fourth-order valence-electron chi connectivity index (χ4n) is 2.08. The van der Waals surface area contributed by atoms with Crippen molar-refractivity contribution < 1.29 is 0 Å². The number of thioether (sulfide) groups is 1. The van der Waals surface area contributed by atoms with Gasteiger partial charge in [0.1, 0.15) is 0 Å². The van der Waals surface area contributed by atoms with E-state index in [0.29, 0.717) is 11.8 Å². The lowest BCUT2D eigenvalue weighted by Crippen LogP contribution is -2.35. The minimum Gasteiger partial charge on any atom is -0.327 e. The molecule has 5 nitrogen and oxygen atoms in total. The molecule has 1 aliphatic rings. The van der Waals surface area contributed by atoms with E-state index < -0.39 is 0 Å². The second-order valence-electron chi connectivity index (χ2n) is 4.16. The zero-order valence-corrected chi connectivity index (χ0v) is 10.3. The van der Waals surface area contributed by atoms with Crippen molar-refractivity contribution in [3.05, 3.63) is 10.5 Å². The van der Waals surface area contributed by atoms with Gasteiger partial charge in [-0.25, -0.2) is 9.89 Å². The van der Waals surface area contributed by atoms with Crippen molar-refractivity contribution in [3.8, 4) is 0 Å². The Kier molecular flexibility index (Phi) is 3.70. The molecule has 1 aromatic heterocycles. The number of hydrogen-bond donors (Lipinski definition) is 2. The van der Waals surface area contributed by atoms with Crippen LogP contribution in [0.5, 0.6) is 0 Å². The Hall–Kier alpha value is -0.750. The summed E-state index contributed by atoms with van der Waals surface area (Å²) in [4.78, 5) is 11.4. The molecule has 3 N–H and O–H groups in total. The van der Waals surface area contributed by atoms with E-state index in [0.717, 1.165) is 18.0 Å². The number of aromatic nitrogens is 3. The fourth-order valence-corrected chi connectivity index (χ4v) is 3.38. The lowest BCUT2D eigenvalue weighted by molar-refractivity contribution is 0.452. The van der Waals surface area contributed by atoms with Gasteiger partial charge >= 0.3 is 5.69 Å². The van der Waals surface area contributed by atoms with Crippen LogP contribution in [0.2, 0.25) is 0 Å². The number of hydrogen-bond acceptors (Lipinski definition) is 4. The first-order valence-corrected chi connectivity index (χ1v) is 6.67. The monoisotopic (exact) mass is 242 g/mol. The van der Waals surface area contributed by atoms with Gasteiger partial charge in [0.05, 0.1) is 0 Å². The van der Waals surface area contributed by atoms with Crippen molar-refractivity contribution in [2.24, 2.45) is 5.73 Å². The Morgan fingerprint density at radius 2 is 2.31 bits per heavy atom. The maximum absolute atomic E-state index is 11.4. The van der Waals surface area contributed by atoms with Crippen LogP contribution in [0.3, 0.4) is 0 Å². The first kappa shape index (κ1) is 11.7. The molecule has 6 heteroatoms. The predicted molar refractivity (Wildman–Crippen MR) is 64.6 cm³/mol. The van der Waals surface area contributed by atoms with Crippen molar-refractivity contribution in [2.45, 2.75) is 55.6 Å². The molecule has 2 unspecified atom stereocenters. The molecule has 0 aliphatic heterocycles. The van der Waals surface area contributed by atoms with Gasteiger partial charge in [0.25, 0.3) is 0 Å². The minimum absolute atomic E-state index is 0.130. The Balaban J connectivity index is 2.10. The summed E-state index contributed by atoms with van der Waals surface area (Å²) >= 11 is 1.64. The number of nitrogens with zero attached hydrogens (tertiary/aromatic N) is 2. The zero-order valence-electron chi connectivity index (χ0n) is 9.48. The van der Waals surface area contributed by atoms with Crippen LogP contribution in [0.4, 0.5) is 0 Å². The molecule has 1 fully saturated rings. The normalized spacial score (nSPS) is 25.9. The Morgan fingerprint density at radius 3 is 3.00 bits per heavy atom. The van der Waals surface area contributed by atoms with E-state index in [1.54, 1.807) is 16.3 Å². The Labute approximate surface area is 98.8 Å². The standard InChI is InChI=1S/C10H18N4OS/c1-2-14-9(15)12-13-10(14)16-8-6-4-3-5-7(8)11/h7-8H,2-6,11H2,1H3,(H,12,15). The van der Waals surface area contributed by atoms with Crippen LogP contribution >= 0.6 is 11.8 Å². The first-order chi connectivity index (χ1) is 7.72. The summed E-state index contributed by atoms with van der Waals surface area (Å²) in [6, 6.07) is 0.232. The van der Waals surface area contributed by atoms with E-state index in [9.17, 15) is 4.79 Å². The molecule has 0 radical (unpaired) electrons. The topological polar surface area (TPSA) is 76.7 Å². The van der Waals surface area contributed by atoms with Gasteiger partial charge in [0.2, 0.25) is 0 Å². The highest BCUT2D eigenvalue weighted by Gasteiger charge is 2.24. The highest BCUT2D eigenvalue weighted by atomic mass is 32.2. The number of H-pyrrole nitrogens is 1. The molecule has 0 amide bonds. The van der Waals surface area contributed by atoms with E-state index in [1.807, 2.05) is 6.92 Å². The number of rotatable bonds is 3. The Bertz CT molecular complexity index is 400. The molecule has 16 heavy (non-hydrogen) atoms. The molecular formula is C10H18N4OS. The molecule has 0 spiro atoms. The molecular weight excluding hydrogens is 224 g/mol. The summed E-state index contributed by atoms with van der Waals surface area (Å²) < 4.78 is 1.66. The average molecular weight is 242 g/mol. The quantitative estimate of drug-likeness (QED) is 0.827. The van der Waals surface area contributed by atoms with Gasteiger partial charge in [0.15, 0.2) is 5.16 Å². The molecule has 0 saturated heterocycles. The summed E-state index contributed by atoms with van der Waals surface area (Å²) in [6.07, 6.45) is 4.65. The van der Waals surface area contributed by atoms with E-state index in [-0.39, 0.29) is 11.7 Å². The van der Waals surface area contributed by atoms with Crippen LogP contribution in [0.1, 0.15) is 32.6 Å². The molecule has 1 aromatic rings. The largest absolute Gasteiger partial charge is 0.343 e. The zero-order chi connectivity index (χ0) is 11.5. The third kappa shape index (κ3) is 2.32. The fraction of sp³-hybridized carbons (Fsp3) is 0.800. The highest BCUT2D eigenvalue weighted by Crippen LogP contribution is 2.31. The van der Waals surface area contributed by atoms with Crippen LogP contribution < -0.4 is 11.4 Å². The van der Waals surface area contributed by atoms with Crippen LogP contribution in [0.15, 0.2) is 9.95 Å². The number of aromatic amines is 1. The second-order valence-corrected chi connectivity index (χ2v) is 5.37. The molecule has 1 aliphatic carbocycles. The van der Waals surface area contributed by atoms with Gasteiger partial charge < -0.3 is 5.73 Å². The maximum atomic E-state index is 11.4. The summed E-state index contributed by atoms with van der Waals surface area (Å²) in [6.45, 7) is 2.60. The predicted octanol–water partition coefficient (Wildman–Crippen LogP) is 0.953. The van der Waals surface area contributed by atoms with E-state index in [1.165, 1.54) is 12.8 Å². The third-order valence-electron chi connectivity index (χ3n) is 3.05. The lowest BCUT2D eigenvalue weighted by Gasteiger charge is -2.27. The summed E-state index contributed by atoms with van der Waals surface area (Å²) in [7, 11) is 0. The number of nitrogens with one attached hydrogen (secondary N) is 1. The molecule has 2 atom stereocenters. The smallest absolute Gasteiger partial charge is 0.327 e. The van der Waals surface area contributed by atoms with Crippen LogP contribution in [0.25, 0.3) is 0 Å². The van der Waals surface area contributed by atoms with Gasteiger partial charge in [-0.1, -0.05) is 24.6 Å². The van der Waals surface area contributed by atoms with E-state index >= 15 is 0 Å².